The maximum Gasteiger partial charge on any atom is 0.222 e. The van der Waals surface area contributed by atoms with E-state index in [0.717, 1.165) is 0 Å². The lowest BCUT2D eigenvalue weighted by atomic mass is 10.0. The Morgan fingerprint density at radius 2 is 1.88 bits per heavy atom. The molecule has 5 heteroatoms. The van der Waals surface area contributed by atoms with Gasteiger partial charge in [-0.05, 0) is 6.42 Å². The van der Waals surface area contributed by atoms with Crippen molar-refractivity contribution in [1.29, 1.82) is 0 Å². The number of aliphatic hydroxyl groups excluding tert-OH is 3. The Balaban J connectivity index is 2.41. The van der Waals surface area contributed by atoms with Crippen LogP contribution in [0.1, 0.15) is 20.3 Å². The summed E-state index contributed by atoms with van der Waals surface area (Å²) >= 11 is 0. The molecule has 0 bridgehead atoms. The van der Waals surface area contributed by atoms with E-state index in [1.54, 1.807) is 13.8 Å². The van der Waals surface area contributed by atoms with Crippen LogP contribution in [0.15, 0.2) is 0 Å². The van der Waals surface area contributed by atoms with E-state index in [2.05, 4.69) is 5.32 Å². The fourth-order valence-corrected chi connectivity index (χ4v) is 2.05. The van der Waals surface area contributed by atoms with E-state index in [4.69, 9.17) is 5.11 Å². The first-order chi connectivity index (χ1) is 7.47. The van der Waals surface area contributed by atoms with E-state index in [-0.39, 0.29) is 30.3 Å². The normalized spacial score (nSPS) is 34.4. The van der Waals surface area contributed by atoms with Gasteiger partial charge in [-0.25, -0.2) is 0 Å². The molecule has 0 aromatic rings. The zero-order valence-electron chi connectivity index (χ0n) is 9.76. The van der Waals surface area contributed by atoms with Gasteiger partial charge in [-0.2, -0.15) is 0 Å². The minimum atomic E-state index is -0.883. The fourth-order valence-electron chi connectivity index (χ4n) is 2.05. The monoisotopic (exact) mass is 231 g/mol. The number of hydrogen-bond donors (Lipinski definition) is 4. The Bertz CT molecular complexity index is 244. The van der Waals surface area contributed by atoms with Gasteiger partial charge < -0.3 is 20.6 Å². The average molecular weight is 231 g/mol. The highest BCUT2D eigenvalue weighted by atomic mass is 16.3. The van der Waals surface area contributed by atoms with Crippen molar-refractivity contribution in [3.8, 4) is 0 Å². The highest BCUT2D eigenvalue weighted by Gasteiger charge is 2.40. The van der Waals surface area contributed by atoms with Crippen molar-refractivity contribution in [1.82, 2.24) is 5.32 Å². The second-order valence-electron chi connectivity index (χ2n) is 4.82. The molecule has 4 atom stereocenters. The molecule has 1 saturated carbocycles. The van der Waals surface area contributed by atoms with Gasteiger partial charge in [-0.15, -0.1) is 0 Å². The molecule has 0 saturated heterocycles. The number of carbonyl (C=O) groups is 1. The lowest BCUT2D eigenvalue weighted by Crippen LogP contribution is -2.37. The van der Waals surface area contributed by atoms with Gasteiger partial charge >= 0.3 is 0 Å². The number of amides is 1. The third kappa shape index (κ3) is 2.93. The maximum absolute atomic E-state index is 11.3. The van der Waals surface area contributed by atoms with E-state index >= 15 is 0 Å². The average Bonchev–Trinajstić information content (AvgIpc) is 2.52. The van der Waals surface area contributed by atoms with Crippen LogP contribution in [0.3, 0.4) is 0 Å². The molecule has 0 aromatic heterocycles. The SMILES string of the molecule is CC(C)C(=O)NC[C@H]1C[C@H](CO)[C@@H](O)[C@@H]1O. The predicted octanol–water partition coefficient (Wildman–Crippen LogP) is -0.891. The Kier molecular flexibility index (Phi) is 4.70. The van der Waals surface area contributed by atoms with Gasteiger partial charge in [0.2, 0.25) is 5.91 Å². The van der Waals surface area contributed by atoms with Crippen LogP contribution >= 0.6 is 0 Å². The van der Waals surface area contributed by atoms with Crippen LogP contribution in [0.25, 0.3) is 0 Å². The zero-order chi connectivity index (χ0) is 12.3. The van der Waals surface area contributed by atoms with Gasteiger partial charge in [0.25, 0.3) is 0 Å². The molecule has 0 aliphatic heterocycles. The lowest BCUT2D eigenvalue weighted by molar-refractivity contribution is -0.124. The molecular formula is C11H21NO4. The summed E-state index contributed by atoms with van der Waals surface area (Å²) in [5.41, 5.74) is 0. The highest BCUT2D eigenvalue weighted by molar-refractivity contribution is 5.77. The van der Waals surface area contributed by atoms with Crippen LogP contribution in [-0.4, -0.2) is 46.6 Å². The number of carbonyl (C=O) groups excluding carboxylic acids is 1. The van der Waals surface area contributed by atoms with Gasteiger partial charge in [-0.1, -0.05) is 13.8 Å². The summed E-state index contributed by atoms with van der Waals surface area (Å²) < 4.78 is 0. The standard InChI is InChI=1S/C11H21NO4/c1-6(2)11(16)12-4-7-3-8(5-13)10(15)9(7)14/h6-10,13-15H,3-5H2,1-2H3,(H,12,16)/t7-,8-,9-,10-/m1/s1. The molecule has 0 radical (unpaired) electrons. The number of aliphatic hydroxyl groups is 3. The number of hydrogen-bond acceptors (Lipinski definition) is 4. The van der Waals surface area contributed by atoms with Crippen molar-refractivity contribution < 1.29 is 20.1 Å². The minimum absolute atomic E-state index is 0.0610. The van der Waals surface area contributed by atoms with Crippen molar-refractivity contribution in [2.45, 2.75) is 32.5 Å². The molecule has 16 heavy (non-hydrogen) atoms. The quantitative estimate of drug-likeness (QED) is 0.505. The van der Waals surface area contributed by atoms with E-state index in [9.17, 15) is 15.0 Å². The molecular weight excluding hydrogens is 210 g/mol. The molecule has 4 N–H and O–H groups in total. The third-order valence-corrected chi connectivity index (χ3v) is 3.22. The Hall–Kier alpha value is -0.650. The Labute approximate surface area is 95.5 Å². The summed E-state index contributed by atoms with van der Waals surface area (Å²) in [5.74, 6) is -0.600. The fraction of sp³-hybridized carbons (Fsp3) is 0.909. The Morgan fingerprint density at radius 1 is 1.31 bits per heavy atom. The zero-order valence-corrected chi connectivity index (χ0v) is 9.76. The molecule has 1 fully saturated rings. The number of nitrogens with one attached hydrogen (secondary N) is 1. The molecule has 94 valence electrons. The highest BCUT2D eigenvalue weighted by Crippen LogP contribution is 2.31. The summed E-state index contributed by atoms with van der Waals surface area (Å²) in [6.45, 7) is 3.82. The summed E-state index contributed by atoms with van der Waals surface area (Å²) in [5, 5.41) is 31.0. The molecule has 0 spiro atoms. The van der Waals surface area contributed by atoms with E-state index in [1.165, 1.54) is 0 Å². The van der Waals surface area contributed by atoms with E-state index < -0.39 is 12.2 Å². The summed E-state index contributed by atoms with van der Waals surface area (Å²) in [6, 6.07) is 0. The third-order valence-electron chi connectivity index (χ3n) is 3.22. The Morgan fingerprint density at radius 3 is 2.31 bits per heavy atom. The summed E-state index contributed by atoms with van der Waals surface area (Å²) in [6.07, 6.45) is -1.20. The van der Waals surface area contributed by atoms with Gasteiger partial charge in [-0.3, -0.25) is 4.79 Å². The van der Waals surface area contributed by atoms with E-state index in [0.29, 0.717) is 13.0 Å². The van der Waals surface area contributed by atoms with Crippen LogP contribution in [0.5, 0.6) is 0 Å². The van der Waals surface area contributed by atoms with Gasteiger partial charge in [0.05, 0.1) is 12.2 Å². The van der Waals surface area contributed by atoms with Crippen LogP contribution in [0.4, 0.5) is 0 Å². The first kappa shape index (κ1) is 13.4. The minimum Gasteiger partial charge on any atom is -0.396 e. The predicted molar refractivity (Wildman–Crippen MR) is 58.5 cm³/mol. The van der Waals surface area contributed by atoms with Crippen LogP contribution in [0.2, 0.25) is 0 Å². The van der Waals surface area contributed by atoms with Crippen LogP contribution < -0.4 is 5.32 Å². The smallest absolute Gasteiger partial charge is 0.222 e. The maximum atomic E-state index is 11.3. The van der Waals surface area contributed by atoms with Crippen molar-refractivity contribution in [3.63, 3.8) is 0 Å². The number of rotatable bonds is 4. The topological polar surface area (TPSA) is 89.8 Å². The summed E-state index contributed by atoms with van der Waals surface area (Å²) in [4.78, 5) is 11.3. The first-order valence-corrected chi connectivity index (χ1v) is 5.72. The molecule has 1 rings (SSSR count). The molecule has 5 nitrogen and oxygen atoms in total. The van der Waals surface area contributed by atoms with E-state index in [1.807, 2.05) is 0 Å². The summed E-state index contributed by atoms with van der Waals surface area (Å²) in [7, 11) is 0. The van der Waals surface area contributed by atoms with Gasteiger partial charge in [0.1, 0.15) is 0 Å². The molecule has 0 aromatic carbocycles. The first-order valence-electron chi connectivity index (χ1n) is 5.72. The molecule has 0 unspecified atom stereocenters. The van der Waals surface area contributed by atoms with Gasteiger partial charge in [0.15, 0.2) is 0 Å². The molecule has 1 aliphatic rings. The van der Waals surface area contributed by atoms with Crippen molar-refractivity contribution in [3.05, 3.63) is 0 Å². The second-order valence-corrected chi connectivity index (χ2v) is 4.82. The van der Waals surface area contributed by atoms with Crippen molar-refractivity contribution in [2.75, 3.05) is 13.2 Å². The van der Waals surface area contributed by atoms with Gasteiger partial charge in [0, 0.05) is 30.9 Å². The second kappa shape index (κ2) is 5.61. The molecule has 1 amide bonds. The lowest BCUT2D eigenvalue weighted by Gasteiger charge is -2.17. The van der Waals surface area contributed by atoms with Crippen LogP contribution in [0, 0.1) is 17.8 Å². The van der Waals surface area contributed by atoms with Crippen LogP contribution in [-0.2, 0) is 4.79 Å². The molecule has 1 aliphatic carbocycles. The largest absolute Gasteiger partial charge is 0.396 e. The van der Waals surface area contributed by atoms with Crippen molar-refractivity contribution in [2.24, 2.45) is 17.8 Å². The molecule has 0 heterocycles. The van der Waals surface area contributed by atoms with Crippen molar-refractivity contribution >= 4 is 5.91 Å².